The van der Waals surface area contributed by atoms with Gasteiger partial charge in [0.05, 0.1) is 5.56 Å². The number of halogens is 2. The Kier molecular flexibility index (Phi) is 6.02. The fourth-order valence-corrected chi connectivity index (χ4v) is 2.13. The number of benzene rings is 2. The van der Waals surface area contributed by atoms with Crippen LogP contribution in [0.2, 0.25) is 0 Å². The predicted molar refractivity (Wildman–Crippen MR) is 94.9 cm³/mol. The van der Waals surface area contributed by atoms with Crippen LogP contribution in [-0.4, -0.2) is 22.7 Å². The summed E-state index contributed by atoms with van der Waals surface area (Å²) < 4.78 is 26.9. The highest BCUT2D eigenvalue weighted by Gasteiger charge is 2.14. The molecule has 130 valence electrons. The van der Waals surface area contributed by atoms with Gasteiger partial charge in [-0.25, -0.2) is 8.78 Å². The minimum absolute atomic E-state index is 0.0970. The van der Waals surface area contributed by atoms with Crippen molar-refractivity contribution in [2.24, 2.45) is 0 Å². The molecule has 1 amide bonds. The topological polar surface area (TPSA) is 73.4 Å². The lowest BCUT2D eigenvalue weighted by molar-refractivity contribution is 0.0941. The summed E-state index contributed by atoms with van der Waals surface area (Å²) in [6.45, 7) is 3.92. The third-order valence-electron chi connectivity index (χ3n) is 3.18. The molecule has 0 bridgehead atoms. The molecular formula is C17H15F2N3O2S. The van der Waals surface area contributed by atoms with Gasteiger partial charge in [0, 0.05) is 18.2 Å². The van der Waals surface area contributed by atoms with E-state index in [4.69, 9.17) is 12.2 Å². The van der Waals surface area contributed by atoms with Crippen LogP contribution in [0.4, 0.5) is 8.78 Å². The first-order valence-electron chi connectivity index (χ1n) is 7.16. The van der Waals surface area contributed by atoms with Gasteiger partial charge in [-0.05, 0) is 42.0 Å². The van der Waals surface area contributed by atoms with Gasteiger partial charge in [-0.2, -0.15) is 0 Å². The number of phenolic OH excluding ortho intramolecular Hbond substituents is 1. The molecule has 0 spiro atoms. The zero-order valence-corrected chi connectivity index (χ0v) is 13.8. The summed E-state index contributed by atoms with van der Waals surface area (Å²) in [4.78, 5) is 12.2. The van der Waals surface area contributed by atoms with Crippen LogP contribution < -0.4 is 16.2 Å². The number of aromatic hydroxyl groups is 1. The first-order valence-corrected chi connectivity index (χ1v) is 7.56. The molecular weight excluding hydrogens is 348 g/mol. The maximum Gasteiger partial charge on any atom is 0.273 e. The lowest BCUT2D eigenvalue weighted by Crippen LogP contribution is -2.46. The Balaban J connectivity index is 2.19. The van der Waals surface area contributed by atoms with Crippen molar-refractivity contribution in [1.82, 2.24) is 16.2 Å². The van der Waals surface area contributed by atoms with E-state index in [1.165, 1.54) is 24.3 Å². The number of carbonyl (C=O) groups excluding carboxylic acids is 1. The molecule has 8 heteroatoms. The van der Waals surface area contributed by atoms with E-state index in [1.54, 1.807) is 6.08 Å². The molecule has 0 atom stereocenters. The van der Waals surface area contributed by atoms with Gasteiger partial charge >= 0.3 is 0 Å². The Hall–Kier alpha value is -3.00. The van der Waals surface area contributed by atoms with Gasteiger partial charge in [-0.1, -0.05) is 12.1 Å². The Morgan fingerprint density at radius 3 is 2.64 bits per heavy atom. The largest absolute Gasteiger partial charge is 0.507 e. The van der Waals surface area contributed by atoms with Gasteiger partial charge in [0.2, 0.25) is 0 Å². The summed E-state index contributed by atoms with van der Waals surface area (Å²) in [6.07, 6.45) is 1.59. The molecule has 2 aromatic rings. The lowest BCUT2D eigenvalue weighted by atomic mass is 10.0. The Morgan fingerprint density at radius 1 is 1.20 bits per heavy atom. The zero-order chi connectivity index (χ0) is 18.4. The third-order valence-corrected chi connectivity index (χ3v) is 3.43. The highest BCUT2D eigenvalue weighted by Crippen LogP contribution is 2.28. The third kappa shape index (κ3) is 4.74. The Bertz CT molecular complexity index is 828. The van der Waals surface area contributed by atoms with Crippen LogP contribution in [0.3, 0.4) is 0 Å². The summed E-state index contributed by atoms with van der Waals surface area (Å²) >= 11 is 4.92. The van der Waals surface area contributed by atoms with Crippen molar-refractivity contribution in [3.63, 3.8) is 0 Å². The molecule has 0 unspecified atom stereocenters. The zero-order valence-electron chi connectivity index (χ0n) is 13.0. The molecule has 0 aliphatic carbocycles. The SMILES string of the molecule is C=CCNC(=S)NNC(=O)c1cc(-c2ccc(F)cc2F)ccc1O. The van der Waals surface area contributed by atoms with Gasteiger partial charge in [-0.3, -0.25) is 15.6 Å². The van der Waals surface area contributed by atoms with Crippen LogP contribution in [-0.2, 0) is 0 Å². The second-order valence-corrected chi connectivity index (χ2v) is 5.34. The first kappa shape index (κ1) is 18.3. The van der Waals surface area contributed by atoms with Crippen molar-refractivity contribution in [2.75, 3.05) is 6.54 Å². The molecule has 0 fully saturated rings. The second-order valence-electron chi connectivity index (χ2n) is 4.93. The highest BCUT2D eigenvalue weighted by molar-refractivity contribution is 7.80. The van der Waals surface area contributed by atoms with Gasteiger partial charge in [0.1, 0.15) is 17.4 Å². The lowest BCUT2D eigenvalue weighted by Gasteiger charge is -2.12. The number of hydrogen-bond acceptors (Lipinski definition) is 3. The maximum absolute atomic E-state index is 13.9. The quantitative estimate of drug-likeness (QED) is 0.382. The Labute approximate surface area is 148 Å². The maximum atomic E-state index is 13.9. The average molecular weight is 363 g/mol. The smallest absolute Gasteiger partial charge is 0.273 e. The molecule has 0 saturated carbocycles. The standard InChI is InChI=1S/C17H15F2N3O2S/c1-2-7-20-17(25)22-21-16(24)13-8-10(3-6-15(13)23)12-5-4-11(18)9-14(12)19/h2-6,8-9,23H,1,7H2,(H,21,24)(H2,20,22,25). The van der Waals surface area contributed by atoms with Crippen molar-refractivity contribution >= 4 is 23.2 Å². The van der Waals surface area contributed by atoms with E-state index in [-0.39, 0.29) is 22.0 Å². The van der Waals surface area contributed by atoms with Crippen molar-refractivity contribution < 1.29 is 18.7 Å². The van der Waals surface area contributed by atoms with Crippen molar-refractivity contribution in [2.45, 2.75) is 0 Å². The molecule has 4 N–H and O–H groups in total. The molecule has 0 aromatic heterocycles. The number of carbonyl (C=O) groups is 1. The molecule has 5 nitrogen and oxygen atoms in total. The van der Waals surface area contributed by atoms with Crippen molar-refractivity contribution in [1.29, 1.82) is 0 Å². The van der Waals surface area contributed by atoms with Crippen LogP contribution in [0, 0.1) is 11.6 Å². The van der Waals surface area contributed by atoms with Crippen molar-refractivity contribution in [3.8, 4) is 16.9 Å². The van der Waals surface area contributed by atoms with Gasteiger partial charge < -0.3 is 10.4 Å². The number of amides is 1. The minimum atomic E-state index is -0.773. The number of thiocarbonyl (C=S) groups is 1. The van der Waals surface area contributed by atoms with E-state index in [0.717, 1.165) is 12.1 Å². The summed E-state index contributed by atoms with van der Waals surface area (Å²) in [7, 11) is 0. The highest BCUT2D eigenvalue weighted by atomic mass is 32.1. The summed E-state index contributed by atoms with van der Waals surface area (Å²) in [5.74, 6) is -2.45. The van der Waals surface area contributed by atoms with E-state index in [1.807, 2.05) is 0 Å². The van der Waals surface area contributed by atoms with Crippen LogP contribution in [0.5, 0.6) is 5.75 Å². The van der Waals surface area contributed by atoms with E-state index in [9.17, 15) is 18.7 Å². The molecule has 0 radical (unpaired) electrons. The fourth-order valence-electron chi connectivity index (χ4n) is 2.00. The number of nitrogens with one attached hydrogen (secondary N) is 3. The molecule has 2 aromatic carbocycles. The monoisotopic (exact) mass is 363 g/mol. The number of phenols is 1. The summed E-state index contributed by atoms with van der Waals surface area (Å²) in [6, 6.07) is 7.07. The molecule has 0 saturated heterocycles. The molecule has 0 heterocycles. The van der Waals surface area contributed by atoms with E-state index in [0.29, 0.717) is 12.1 Å². The molecule has 0 aliphatic heterocycles. The molecule has 25 heavy (non-hydrogen) atoms. The van der Waals surface area contributed by atoms with Crippen LogP contribution in [0.15, 0.2) is 49.1 Å². The van der Waals surface area contributed by atoms with Gasteiger partial charge in [-0.15, -0.1) is 6.58 Å². The average Bonchev–Trinajstić information content (AvgIpc) is 2.58. The minimum Gasteiger partial charge on any atom is -0.507 e. The fraction of sp³-hybridized carbons (Fsp3) is 0.0588. The van der Waals surface area contributed by atoms with Gasteiger partial charge in [0.15, 0.2) is 5.11 Å². The second kappa shape index (κ2) is 8.20. The molecule has 2 rings (SSSR count). The number of hydrazine groups is 1. The van der Waals surface area contributed by atoms with Crippen LogP contribution >= 0.6 is 12.2 Å². The van der Waals surface area contributed by atoms with E-state index in [2.05, 4.69) is 22.7 Å². The van der Waals surface area contributed by atoms with Gasteiger partial charge in [0.25, 0.3) is 5.91 Å². The number of hydrogen-bond donors (Lipinski definition) is 4. The normalized spacial score (nSPS) is 10.0. The molecule has 0 aliphatic rings. The van der Waals surface area contributed by atoms with E-state index >= 15 is 0 Å². The number of rotatable bonds is 4. The Morgan fingerprint density at radius 2 is 1.96 bits per heavy atom. The van der Waals surface area contributed by atoms with Crippen molar-refractivity contribution in [3.05, 3.63) is 66.3 Å². The predicted octanol–water partition coefficient (Wildman–Crippen LogP) is 2.63. The van der Waals surface area contributed by atoms with E-state index < -0.39 is 17.5 Å². The first-order chi connectivity index (χ1) is 11.9. The summed E-state index contributed by atoms with van der Waals surface area (Å²) in [5, 5.41) is 12.8. The van der Waals surface area contributed by atoms with Crippen LogP contribution in [0.1, 0.15) is 10.4 Å². The van der Waals surface area contributed by atoms with Crippen LogP contribution in [0.25, 0.3) is 11.1 Å². The summed E-state index contributed by atoms with van der Waals surface area (Å²) in [5.41, 5.74) is 5.09.